The van der Waals surface area contributed by atoms with Crippen LogP contribution in [-0.4, -0.2) is 17.6 Å². The van der Waals surface area contributed by atoms with Crippen LogP contribution in [-0.2, 0) is 11.2 Å². The number of hydrogen-bond acceptors (Lipinski definition) is 1. The third-order valence-corrected chi connectivity index (χ3v) is 3.65. The predicted octanol–water partition coefficient (Wildman–Crippen LogP) is 4.06. The number of benzene rings is 1. The highest BCUT2D eigenvalue weighted by atomic mass is 35.5. The van der Waals surface area contributed by atoms with Crippen molar-refractivity contribution in [3.63, 3.8) is 0 Å². The van der Waals surface area contributed by atoms with Crippen molar-refractivity contribution in [2.24, 2.45) is 0 Å². The van der Waals surface area contributed by atoms with Gasteiger partial charge in [-0.2, -0.15) is 0 Å². The minimum atomic E-state index is -0.126. The molecule has 0 radical (unpaired) electrons. The number of alkyl halides is 1. The molecule has 0 aliphatic carbocycles. The molecule has 0 aromatic heterocycles. The van der Waals surface area contributed by atoms with Gasteiger partial charge >= 0.3 is 0 Å². The molecule has 1 heterocycles. The van der Waals surface area contributed by atoms with Crippen molar-refractivity contribution >= 4 is 23.2 Å². The lowest BCUT2D eigenvalue weighted by Gasteiger charge is -2.36. The summed E-state index contributed by atoms with van der Waals surface area (Å²) in [7, 11) is 0. The highest BCUT2D eigenvalue weighted by Gasteiger charge is 2.32. The second kappa shape index (κ2) is 4.95. The topological polar surface area (TPSA) is 9.23 Å². The van der Waals surface area contributed by atoms with Crippen LogP contribution in [0.1, 0.15) is 25.3 Å². The second-order valence-corrected chi connectivity index (χ2v) is 5.75. The van der Waals surface area contributed by atoms with E-state index in [1.54, 1.807) is 0 Å². The van der Waals surface area contributed by atoms with E-state index in [2.05, 4.69) is 19.1 Å². The highest BCUT2D eigenvalue weighted by Crippen LogP contribution is 2.31. The van der Waals surface area contributed by atoms with E-state index in [4.69, 9.17) is 27.9 Å². The van der Waals surface area contributed by atoms with E-state index in [0.29, 0.717) is 0 Å². The molecule has 0 N–H and O–H groups in total. The maximum atomic E-state index is 6.19. The Morgan fingerprint density at radius 3 is 2.69 bits per heavy atom. The van der Waals surface area contributed by atoms with Crippen molar-refractivity contribution in [2.45, 2.75) is 37.2 Å². The lowest BCUT2D eigenvalue weighted by atomic mass is 9.89. The summed E-state index contributed by atoms with van der Waals surface area (Å²) in [4.78, 5) is 0. The second-order valence-electron chi connectivity index (χ2n) is 4.69. The van der Waals surface area contributed by atoms with E-state index in [1.807, 2.05) is 12.1 Å². The molecule has 1 aliphatic rings. The molecule has 2 rings (SSSR count). The normalized spacial score (nSPS) is 30.3. The van der Waals surface area contributed by atoms with Crippen LogP contribution in [0.3, 0.4) is 0 Å². The van der Waals surface area contributed by atoms with Crippen molar-refractivity contribution in [1.82, 2.24) is 0 Å². The Labute approximate surface area is 107 Å². The van der Waals surface area contributed by atoms with Crippen LogP contribution in [0.15, 0.2) is 24.3 Å². The zero-order valence-corrected chi connectivity index (χ0v) is 10.9. The molecule has 0 saturated carbocycles. The molecule has 0 amide bonds. The molecular formula is C13H16Cl2O. The quantitative estimate of drug-likeness (QED) is 0.728. The van der Waals surface area contributed by atoms with Gasteiger partial charge in [0.25, 0.3) is 0 Å². The largest absolute Gasteiger partial charge is 0.375 e. The van der Waals surface area contributed by atoms with E-state index in [0.717, 1.165) is 30.9 Å². The molecule has 1 aromatic carbocycles. The molecule has 88 valence electrons. The van der Waals surface area contributed by atoms with Crippen molar-refractivity contribution in [3.05, 3.63) is 34.9 Å². The van der Waals surface area contributed by atoms with Crippen LogP contribution in [0.25, 0.3) is 0 Å². The molecule has 1 aliphatic heterocycles. The first-order valence-electron chi connectivity index (χ1n) is 5.60. The number of halogens is 2. The fourth-order valence-corrected chi connectivity index (χ4v) is 2.76. The minimum absolute atomic E-state index is 0.126. The highest BCUT2D eigenvalue weighted by molar-refractivity contribution is 6.30. The van der Waals surface area contributed by atoms with E-state index in [9.17, 15) is 0 Å². The Morgan fingerprint density at radius 2 is 2.06 bits per heavy atom. The minimum Gasteiger partial charge on any atom is -0.375 e. The van der Waals surface area contributed by atoms with Crippen LogP contribution >= 0.6 is 23.2 Å². The third kappa shape index (κ3) is 3.13. The molecule has 16 heavy (non-hydrogen) atoms. The van der Waals surface area contributed by atoms with Crippen LogP contribution in [0.4, 0.5) is 0 Å². The first-order valence-corrected chi connectivity index (χ1v) is 6.41. The van der Waals surface area contributed by atoms with Gasteiger partial charge in [0, 0.05) is 23.4 Å². The van der Waals surface area contributed by atoms with Crippen molar-refractivity contribution < 1.29 is 4.74 Å². The molecule has 3 heteroatoms. The first kappa shape index (κ1) is 12.2. The third-order valence-electron chi connectivity index (χ3n) is 3.03. The maximum Gasteiger partial charge on any atom is 0.0708 e. The summed E-state index contributed by atoms with van der Waals surface area (Å²) in [6.45, 7) is 2.90. The van der Waals surface area contributed by atoms with E-state index in [-0.39, 0.29) is 11.0 Å². The zero-order chi connectivity index (χ0) is 11.6. The van der Waals surface area contributed by atoms with Crippen LogP contribution in [0.5, 0.6) is 0 Å². The number of rotatable bonds is 2. The van der Waals surface area contributed by atoms with E-state index < -0.39 is 0 Å². The fraction of sp³-hybridized carbons (Fsp3) is 0.538. The maximum absolute atomic E-state index is 6.19. The van der Waals surface area contributed by atoms with E-state index >= 15 is 0 Å². The molecule has 1 fully saturated rings. The first-order chi connectivity index (χ1) is 7.57. The average molecular weight is 259 g/mol. The van der Waals surface area contributed by atoms with Crippen LogP contribution < -0.4 is 0 Å². The number of hydrogen-bond donors (Lipinski definition) is 0. The van der Waals surface area contributed by atoms with Gasteiger partial charge < -0.3 is 4.74 Å². The zero-order valence-electron chi connectivity index (χ0n) is 9.38. The molecule has 1 aromatic rings. The monoisotopic (exact) mass is 258 g/mol. The molecule has 0 bridgehead atoms. The molecule has 2 unspecified atom stereocenters. The van der Waals surface area contributed by atoms with Gasteiger partial charge in [-0.15, -0.1) is 11.6 Å². The molecule has 2 atom stereocenters. The van der Waals surface area contributed by atoms with Crippen molar-refractivity contribution in [1.29, 1.82) is 0 Å². The number of ether oxygens (including phenoxy) is 1. The summed E-state index contributed by atoms with van der Waals surface area (Å²) in [6.07, 6.45) is 2.77. The summed E-state index contributed by atoms with van der Waals surface area (Å²) in [6, 6.07) is 7.94. The van der Waals surface area contributed by atoms with Crippen LogP contribution in [0.2, 0.25) is 5.02 Å². The SMILES string of the molecule is CC1(Cc2ccc(Cl)cc2)CC(Cl)CCO1. The van der Waals surface area contributed by atoms with Gasteiger partial charge in [0.1, 0.15) is 0 Å². The summed E-state index contributed by atoms with van der Waals surface area (Å²) in [5, 5.41) is 1.01. The van der Waals surface area contributed by atoms with Crippen LogP contribution in [0, 0.1) is 0 Å². The molecular weight excluding hydrogens is 243 g/mol. The predicted molar refractivity (Wildman–Crippen MR) is 68.4 cm³/mol. The summed E-state index contributed by atoms with van der Waals surface area (Å²) >= 11 is 12.1. The molecule has 0 spiro atoms. The van der Waals surface area contributed by atoms with Gasteiger partial charge in [0.2, 0.25) is 0 Å². The summed E-state index contributed by atoms with van der Waals surface area (Å²) < 4.78 is 5.85. The van der Waals surface area contributed by atoms with E-state index in [1.165, 1.54) is 5.56 Å². The van der Waals surface area contributed by atoms with Gasteiger partial charge in [-0.3, -0.25) is 0 Å². The van der Waals surface area contributed by atoms with Gasteiger partial charge in [-0.05, 0) is 37.5 Å². The lowest BCUT2D eigenvalue weighted by molar-refractivity contribution is -0.0625. The van der Waals surface area contributed by atoms with Crippen molar-refractivity contribution in [2.75, 3.05) is 6.61 Å². The fourth-order valence-electron chi connectivity index (χ4n) is 2.22. The van der Waals surface area contributed by atoms with Gasteiger partial charge in [0.05, 0.1) is 5.60 Å². The molecule has 1 nitrogen and oxygen atoms in total. The average Bonchev–Trinajstić information content (AvgIpc) is 2.21. The van der Waals surface area contributed by atoms with Gasteiger partial charge in [0.15, 0.2) is 0 Å². The molecule has 1 saturated heterocycles. The Kier molecular flexibility index (Phi) is 3.78. The Balaban J connectivity index is 2.05. The Bertz CT molecular complexity index is 349. The smallest absolute Gasteiger partial charge is 0.0708 e. The summed E-state index contributed by atoms with van der Waals surface area (Å²) in [5.74, 6) is 0. The van der Waals surface area contributed by atoms with Gasteiger partial charge in [-0.1, -0.05) is 23.7 Å². The Hall–Kier alpha value is -0.240. The standard InChI is InChI=1S/C13H16Cl2O/c1-13(9-12(15)6-7-16-13)8-10-2-4-11(14)5-3-10/h2-5,12H,6-9H2,1H3. The summed E-state index contributed by atoms with van der Waals surface area (Å²) in [5.41, 5.74) is 1.12. The lowest BCUT2D eigenvalue weighted by Crippen LogP contribution is -2.39. The van der Waals surface area contributed by atoms with Crippen molar-refractivity contribution in [3.8, 4) is 0 Å². The Morgan fingerprint density at radius 1 is 1.38 bits per heavy atom. The van der Waals surface area contributed by atoms with Gasteiger partial charge in [-0.25, -0.2) is 0 Å².